The summed E-state index contributed by atoms with van der Waals surface area (Å²) in [5.41, 5.74) is 5.72. The van der Waals surface area contributed by atoms with Gasteiger partial charge in [-0.1, -0.05) is 48.0 Å². The maximum atomic E-state index is 10.3. The Hall–Kier alpha value is -1.68. The molecule has 0 heterocycles. The van der Waals surface area contributed by atoms with Crippen molar-refractivity contribution in [2.24, 2.45) is 0 Å². The molecule has 22 heavy (non-hydrogen) atoms. The average molecular weight is 298 g/mol. The van der Waals surface area contributed by atoms with E-state index in [-0.39, 0.29) is 0 Å². The van der Waals surface area contributed by atoms with Crippen LogP contribution in [0.3, 0.4) is 0 Å². The zero-order chi connectivity index (χ0) is 15.7. The second-order valence-electron chi connectivity index (χ2n) is 5.87. The van der Waals surface area contributed by atoms with Crippen LogP contribution < -0.4 is 0 Å². The summed E-state index contributed by atoms with van der Waals surface area (Å²) in [4.78, 5) is 0. The van der Waals surface area contributed by atoms with Crippen LogP contribution in [0.15, 0.2) is 42.5 Å². The largest absolute Gasteiger partial charge is 0.387 e. The molecule has 3 nitrogen and oxygen atoms in total. The molecule has 0 spiro atoms. The molecule has 2 aromatic carbocycles. The first-order valence-corrected chi connectivity index (χ1v) is 7.59. The Labute approximate surface area is 131 Å². The lowest BCUT2D eigenvalue weighted by molar-refractivity contribution is -0.273. The Bertz CT molecular complexity index is 657. The number of fused-ring (bicyclic) bond motifs is 1. The Morgan fingerprint density at radius 1 is 1.00 bits per heavy atom. The first kappa shape index (κ1) is 15.2. The Kier molecular flexibility index (Phi) is 4.04. The van der Waals surface area contributed by atoms with Crippen LogP contribution in [0.4, 0.5) is 0 Å². The number of aliphatic hydroxyl groups is 1. The molecule has 0 fully saturated rings. The molecule has 0 radical (unpaired) electrons. The lowest BCUT2D eigenvalue weighted by Crippen LogP contribution is -2.46. The number of hydrogen-bond acceptors (Lipinski definition) is 3. The van der Waals surface area contributed by atoms with E-state index in [1.165, 1.54) is 22.3 Å². The fourth-order valence-corrected chi connectivity index (χ4v) is 3.30. The molecule has 1 unspecified atom stereocenters. The van der Waals surface area contributed by atoms with Crippen LogP contribution in [-0.4, -0.2) is 25.4 Å². The van der Waals surface area contributed by atoms with Gasteiger partial charge in [0.15, 0.2) is 0 Å². The minimum atomic E-state index is -1.06. The van der Waals surface area contributed by atoms with E-state index in [2.05, 4.69) is 43.3 Å². The normalized spacial score (nSPS) is 19.7. The summed E-state index contributed by atoms with van der Waals surface area (Å²) in [5.74, 6) is -1.06. The van der Waals surface area contributed by atoms with Gasteiger partial charge in [-0.15, -0.1) is 0 Å². The standard InChI is InChI=1S/C19H22O3/c1-13-4-6-14(7-5-13)15-8-10-17-16(12-15)9-11-18(20)19(17,21-2)22-3/h4-8,10,12,18,20H,9,11H2,1-3H3. The van der Waals surface area contributed by atoms with Crippen molar-refractivity contribution < 1.29 is 14.6 Å². The van der Waals surface area contributed by atoms with Crippen molar-refractivity contribution in [3.05, 3.63) is 59.2 Å². The van der Waals surface area contributed by atoms with Gasteiger partial charge in [-0.05, 0) is 36.5 Å². The molecule has 3 rings (SSSR count). The lowest BCUT2D eigenvalue weighted by Gasteiger charge is -2.40. The zero-order valence-electron chi connectivity index (χ0n) is 13.3. The fourth-order valence-electron chi connectivity index (χ4n) is 3.30. The highest BCUT2D eigenvalue weighted by atomic mass is 16.7. The first-order valence-electron chi connectivity index (χ1n) is 7.59. The van der Waals surface area contributed by atoms with Crippen LogP contribution >= 0.6 is 0 Å². The van der Waals surface area contributed by atoms with Crippen LogP contribution in [0.1, 0.15) is 23.1 Å². The Balaban J connectivity index is 2.06. The third-order valence-electron chi connectivity index (χ3n) is 4.60. The van der Waals surface area contributed by atoms with E-state index in [1.54, 1.807) is 14.2 Å². The van der Waals surface area contributed by atoms with Crippen molar-refractivity contribution in [3.63, 3.8) is 0 Å². The van der Waals surface area contributed by atoms with Gasteiger partial charge in [0, 0.05) is 19.8 Å². The number of aliphatic hydroxyl groups excluding tert-OH is 1. The highest BCUT2D eigenvalue weighted by Gasteiger charge is 2.44. The van der Waals surface area contributed by atoms with Crippen molar-refractivity contribution in [1.29, 1.82) is 0 Å². The van der Waals surface area contributed by atoms with Crippen LogP contribution in [0.25, 0.3) is 11.1 Å². The molecule has 0 aromatic heterocycles. The van der Waals surface area contributed by atoms with Gasteiger partial charge in [0.05, 0.1) is 0 Å². The van der Waals surface area contributed by atoms with Gasteiger partial charge in [0.25, 0.3) is 0 Å². The highest BCUT2D eigenvalue weighted by Crippen LogP contribution is 2.40. The maximum absolute atomic E-state index is 10.3. The average Bonchev–Trinajstić information content (AvgIpc) is 2.56. The monoisotopic (exact) mass is 298 g/mol. The molecule has 0 saturated heterocycles. The summed E-state index contributed by atoms with van der Waals surface area (Å²) in [6, 6.07) is 14.8. The SMILES string of the molecule is COC1(OC)c2ccc(-c3ccc(C)cc3)cc2CCC1O. The third kappa shape index (κ3) is 2.35. The van der Waals surface area contributed by atoms with Gasteiger partial charge in [0.1, 0.15) is 6.10 Å². The molecule has 116 valence electrons. The number of methoxy groups -OCH3 is 2. The highest BCUT2D eigenvalue weighted by molar-refractivity contribution is 5.65. The lowest BCUT2D eigenvalue weighted by atomic mass is 9.82. The quantitative estimate of drug-likeness (QED) is 0.883. The molecular formula is C19H22O3. The molecule has 3 heteroatoms. The maximum Gasteiger partial charge on any atom is 0.221 e. The van der Waals surface area contributed by atoms with Crippen LogP contribution in [0.2, 0.25) is 0 Å². The topological polar surface area (TPSA) is 38.7 Å². The zero-order valence-corrected chi connectivity index (χ0v) is 13.3. The van der Waals surface area contributed by atoms with E-state index < -0.39 is 11.9 Å². The number of benzene rings is 2. The van der Waals surface area contributed by atoms with Crippen LogP contribution in [0.5, 0.6) is 0 Å². The number of ether oxygens (including phenoxy) is 2. The second kappa shape index (κ2) is 5.84. The van der Waals surface area contributed by atoms with E-state index in [9.17, 15) is 5.11 Å². The molecule has 0 aliphatic heterocycles. The van der Waals surface area contributed by atoms with E-state index in [1.807, 2.05) is 6.07 Å². The van der Waals surface area contributed by atoms with Gasteiger partial charge in [0.2, 0.25) is 5.79 Å². The van der Waals surface area contributed by atoms with Crippen molar-refractivity contribution in [1.82, 2.24) is 0 Å². The summed E-state index contributed by atoms with van der Waals surface area (Å²) in [5, 5.41) is 10.3. The van der Waals surface area contributed by atoms with Crippen molar-refractivity contribution in [2.45, 2.75) is 31.7 Å². The summed E-state index contributed by atoms with van der Waals surface area (Å²) < 4.78 is 11.1. The molecule has 1 aliphatic rings. The molecule has 0 saturated carbocycles. The summed E-state index contributed by atoms with van der Waals surface area (Å²) in [6.07, 6.45) is 0.802. The number of hydrogen-bond donors (Lipinski definition) is 1. The molecule has 0 amide bonds. The predicted octanol–water partition coefficient (Wildman–Crippen LogP) is 3.41. The molecule has 1 atom stereocenters. The van der Waals surface area contributed by atoms with Crippen molar-refractivity contribution >= 4 is 0 Å². The van der Waals surface area contributed by atoms with Crippen molar-refractivity contribution in [2.75, 3.05) is 14.2 Å². The van der Waals surface area contributed by atoms with E-state index in [4.69, 9.17) is 9.47 Å². The van der Waals surface area contributed by atoms with Gasteiger partial charge in [-0.2, -0.15) is 0 Å². The van der Waals surface area contributed by atoms with Gasteiger partial charge in [-0.25, -0.2) is 0 Å². The molecule has 0 bridgehead atoms. The molecular weight excluding hydrogens is 276 g/mol. The van der Waals surface area contributed by atoms with Gasteiger partial charge in [-0.3, -0.25) is 0 Å². The molecule has 1 aliphatic carbocycles. The third-order valence-corrected chi connectivity index (χ3v) is 4.60. The fraction of sp³-hybridized carbons (Fsp3) is 0.368. The van der Waals surface area contributed by atoms with Crippen molar-refractivity contribution in [3.8, 4) is 11.1 Å². The minimum absolute atomic E-state index is 0.631. The predicted molar refractivity (Wildman–Crippen MR) is 86.6 cm³/mol. The summed E-state index contributed by atoms with van der Waals surface area (Å²) in [6.45, 7) is 2.09. The number of rotatable bonds is 3. The summed E-state index contributed by atoms with van der Waals surface area (Å²) >= 11 is 0. The summed E-state index contributed by atoms with van der Waals surface area (Å²) in [7, 11) is 3.16. The van der Waals surface area contributed by atoms with E-state index in [0.29, 0.717) is 6.42 Å². The van der Waals surface area contributed by atoms with Crippen LogP contribution in [0, 0.1) is 6.92 Å². The van der Waals surface area contributed by atoms with Gasteiger partial charge >= 0.3 is 0 Å². The second-order valence-corrected chi connectivity index (χ2v) is 5.87. The minimum Gasteiger partial charge on any atom is -0.387 e. The Morgan fingerprint density at radius 3 is 2.27 bits per heavy atom. The number of aryl methyl sites for hydroxylation is 2. The first-order chi connectivity index (χ1) is 10.6. The van der Waals surface area contributed by atoms with Crippen LogP contribution in [-0.2, 0) is 21.7 Å². The Morgan fingerprint density at radius 2 is 1.64 bits per heavy atom. The molecule has 2 aromatic rings. The van der Waals surface area contributed by atoms with Gasteiger partial charge < -0.3 is 14.6 Å². The smallest absolute Gasteiger partial charge is 0.221 e. The van der Waals surface area contributed by atoms with E-state index in [0.717, 1.165) is 12.0 Å². The van der Waals surface area contributed by atoms with E-state index >= 15 is 0 Å². The molecule has 1 N–H and O–H groups in total.